The van der Waals surface area contributed by atoms with Gasteiger partial charge in [-0.15, -0.1) is 0 Å². The highest BCUT2D eigenvalue weighted by molar-refractivity contribution is 7.99. The molecule has 0 spiro atoms. The van der Waals surface area contributed by atoms with Crippen LogP contribution in [-0.2, 0) is 25.7 Å². The Balaban J connectivity index is 1.30. The van der Waals surface area contributed by atoms with Crippen LogP contribution < -0.4 is 10.6 Å². The zero-order valence-corrected chi connectivity index (χ0v) is 24.4. The highest BCUT2D eigenvalue weighted by atomic mass is 32.2. The fourth-order valence-electron chi connectivity index (χ4n) is 5.80. The molecule has 1 heterocycles. The van der Waals surface area contributed by atoms with E-state index in [-0.39, 0.29) is 25.6 Å². The Hall–Kier alpha value is -3.82. The number of carboxylic acids is 1. The van der Waals surface area contributed by atoms with Gasteiger partial charge in [0.05, 0.1) is 24.7 Å². The third-order valence-corrected chi connectivity index (χ3v) is 9.04. The maximum Gasteiger partial charge on any atom is 0.407 e. The van der Waals surface area contributed by atoms with E-state index in [1.165, 1.54) is 0 Å². The van der Waals surface area contributed by atoms with E-state index in [1.807, 2.05) is 66.7 Å². The maximum absolute atomic E-state index is 13.7. The van der Waals surface area contributed by atoms with Crippen molar-refractivity contribution < 1.29 is 29.0 Å². The fraction of sp³-hybridized carbons (Fsp3) is 0.364. The van der Waals surface area contributed by atoms with Crippen LogP contribution in [-0.4, -0.2) is 58.9 Å². The number of fused-ring (bicyclic) bond motifs is 3. The molecule has 3 aromatic carbocycles. The molecule has 8 nitrogen and oxygen atoms in total. The number of nitrogens with one attached hydrogen (secondary N) is 2. The summed E-state index contributed by atoms with van der Waals surface area (Å²) in [7, 11) is 0. The van der Waals surface area contributed by atoms with Crippen LogP contribution >= 0.6 is 11.8 Å². The molecule has 2 atom stereocenters. The number of rotatable bonds is 11. The monoisotopic (exact) mass is 588 g/mol. The Morgan fingerprint density at radius 1 is 0.929 bits per heavy atom. The number of ether oxygens (including phenoxy) is 2. The van der Waals surface area contributed by atoms with Gasteiger partial charge in [-0.25, -0.2) is 4.79 Å². The summed E-state index contributed by atoms with van der Waals surface area (Å²) in [6, 6.07) is 24.6. The summed E-state index contributed by atoms with van der Waals surface area (Å²) in [5, 5.41) is 15.3. The number of amides is 2. The summed E-state index contributed by atoms with van der Waals surface area (Å²) in [5.74, 6) is -0.0921. The Morgan fingerprint density at radius 2 is 1.52 bits per heavy atom. The molecule has 0 saturated carbocycles. The van der Waals surface area contributed by atoms with Crippen LogP contribution in [0.3, 0.4) is 0 Å². The van der Waals surface area contributed by atoms with Crippen molar-refractivity contribution in [2.24, 2.45) is 0 Å². The quantitative estimate of drug-likeness (QED) is 0.277. The first kappa shape index (κ1) is 29.7. The van der Waals surface area contributed by atoms with E-state index in [4.69, 9.17) is 9.47 Å². The largest absolute Gasteiger partial charge is 0.481 e. The Kier molecular flexibility index (Phi) is 9.49. The van der Waals surface area contributed by atoms with Gasteiger partial charge < -0.3 is 25.2 Å². The molecule has 0 bridgehead atoms. The highest BCUT2D eigenvalue weighted by Crippen LogP contribution is 2.44. The first-order chi connectivity index (χ1) is 20.3. The first-order valence-corrected chi connectivity index (χ1v) is 15.4. The molecular formula is C33H36N2O6S. The minimum absolute atomic E-state index is 0.105. The van der Waals surface area contributed by atoms with E-state index in [0.29, 0.717) is 12.8 Å². The lowest BCUT2D eigenvalue weighted by molar-refractivity contribution is -0.139. The second kappa shape index (κ2) is 13.4. The number of benzene rings is 3. The molecule has 0 radical (unpaired) electrons. The molecular weight excluding hydrogens is 552 g/mol. The lowest BCUT2D eigenvalue weighted by atomic mass is 9.88. The number of aliphatic carboxylic acids is 1. The number of hydrogen-bond donors (Lipinski definition) is 3. The van der Waals surface area contributed by atoms with Crippen molar-refractivity contribution in [2.45, 2.75) is 56.4 Å². The number of alkyl carbamates (subject to hydrolysis) is 1. The standard InChI is InChI=1S/C33H36N2O6S/c1-22(40-20-23-9-3-2-4-10-23)30(31(38)35-33(19-29(36)37)15-17-42-18-16-33)34-32(39)41-21-28-26-13-7-5-11-24(26)25-12-6-8-14-27(25)28/h2-14,22,28,30H,15-21H2,1H3,(H,34,39)(H,35,38)(H,36,37). The van der Waals surface area contributed by atoms with Crippen molar-refractivity contribution in [3.63, 3.8) is 0 Å². The van der Waals surface area contributed by atoms with Crippen LogP contribution in [0, 0.1) is 0 Å². The number of carbonyl (C=O) groups is 3. The molecule has 0 aromatic heterocycles. The van der Waals surface area contributed by atoms with Crippen LogP contribution in [0.4, 0.5) is 4.79 Å². The van der Waals surface area contributed by atoms with Gasteiger partial charge in [0.1, 0.15) is 12.6 Å². The molecule has 42 heavy (non-hydrogen) atoms. The van der Waals surface area contributed by atoms with E-state index in [9.17, 15) is 19.5 Å². The molecule has 1 saturated heterocycles. The van der Waals surface area contributed by atoms with Gasteiger partial charge in [0.15, 0.2) is 0 Å². The van der Waals surface area contributed by atoms with Crippen LogP contribution in [0.5, 0.6) is 0 Å². The molecule has 2 aliphatic rings. The molecule has 9 heteroatoms. The number of hydrogen-bond acceptors (Lipinski definition) is 6. The normalized spacial score (nSPS) is 16.9. The average Bonchev–Trinajstić information content (AvgIpc) is 3.31. The minimum Gasteiger partial charge on any atom is -0.481 e. The zero-order chi connectivity index (χ0) is 29.5. The Bertz CT molecular complexity index is 1360. The average molecular weight is 589 g/mol. The Morgan fingerprint density at radius 3 is 2.14 bits per heavy atom. The van der Waals surface area contributed by atoms with Crippen LogP contribution in [0.1, 0.15) is 48.8 Å². The van der Waals surface area contributed by atoms with Crippen molar-refractivity contribution in [2.75, 3.05) is 18.1 Å². The van der Waals surface area contributed by atoms with Gasteiger partial charge in [-0.3, -0.25) is 9.59 Å². The van der Waals surface area contributed by atoms with Crippen molar-refractivity contribution in [1.29, 1.82) is 0 Å². The molecule has 1 aliphatic heterocycles. The van der Waals surface area contributed by atoms with Crippen LogP contribution in [0.25, 0.3) is 11.1 Å². The minimum atomic E-state index is -1.09. The van der Waals surface area contributed by atoms with E-state index < -0.39 is 35.7 Å². The molecule has 5 rings (SSSR count). The second-order valence-electron chi connectivity index (χ2n) is 10.9. The summed E-state index contributed by atoms with van der Waals surface area (Å²) in [5.41, 5.74) is 4.47. The fourth-order valence-corrected chi connectivity index (χ4v) is 7.07. The topological polar surface area (TPSA) is 114 Å². The second-order valence-corrected chi connectivity index (χ2v) is 12.1. The van der Waals surface area contributed by atoms with Gasteiger partial charge in [-0.2, -0.15) is 11.8 Å². The smallest absolute Gasteiger partial charge is 0.407 e. The number of carbonyl (C=O) groups excluding carboxylic acids is 2. The van der Waals surface area contributed by atoms with Crippen molar-refractivity contribution in [3.8, 4) is 11.1 Å². The molecule has 1 fully saturated rings. The van der Waals surface area contributed by atoms with E-state index >= 15 is 0 Å². The lowest BCUT2D eigenvalue weighted by Gasteiger charge is -2.38. The van der Waals surface area contributed by atoms with Gasteiger partial charge in [-0.05, 0) is 59.1 Å². The summed E-state index contributed by atoms with van der Waals surface area (Å²) in [4.78, 5) is 38.6. The summed E-state index contributed by atoms with van der Waals surface area (Å²) >= 11 is 1.73. The number of carboxylic acid groups (broad SMARTS) is 1. The maximum atomic E-state index is 13.7. The first-order valence-electron chi connectivity index (χ1n) is 14.2. The summed E-state index contributed by atoms with van der Waals surface area (Å²) in [6.45, 7) is 2.07. The van der Waals surface area contributed by atoms with Gasteiger partial charge in [0, 0.05) is 5.92 Å². The molecule has 1 aliphatic carbocycles. The third kappa shape index (κ3) is 6.97. The van der Waals surface area contributed by atoms with Gasteiger partial charge in [-0.1, -0.05) is 78.9 Å². The summed E-state index contributed by atoms with van der Waals surface area (Å²) in [6.07, 6.45) is -0.570. The zero-order valence-electron chi connectivity index (χ0n) is 23.6. The van der Waals surface area contributed by atoms with Gasteiger partial charge in [0.25, 0.3) is 0 Å². The van der Waals surface area contributed by atoms with E-state index in [1.54, 1.807) is 18.7 Å². The number of thioether (sulfide) groups is 1. The van der Waals surface area contributed by atoms with Gasteiger partial charge >= 0.3 is 12.1 Å². The van der Waals surface area contributed by atoms with Gasteiger partial charge in [0.2, 0.25) is 5.91 Å². The Labute approximate surface area is 250 Å². The molecule has 3 N–H and O–H groups in total. The van der Waals surface area contributed by atoms with E-state index in [0.717, 1.165) is 39.3 Å². The summed E-state index contributed by atoms with van der Waals surface area (Å²) < 4.78 is 11.8. The predicted octanol–water partition coefficient (Wildman–Crippen LogP) is 5.36. The lowest BCUT2D eigenvalue weighted by Crippen LogP contribution is -2.60. The predicted molar refractivity (Wildman–Crippen MR) is 162 cm³/mol. The SMILES string of the molecule is CC(OCc1ccccc1)C(NC(=O)OCC1c2ccccc2-c2ccccc21)C(=O)NC1(CC(=O)O)CCSCC1. The third-order valence-electron chi connectivity index (χ3n) is 8.05. The molecule has 2 unspecified atom stereocenters. The van der Waals surface area contributed by atoms with E-state index in [2.05, 4.69) is 22.8 Å². The molecule has 220 valence electrons. The van der Waals surface area contributed by atoms with Crippen LogP contribution in [0.15, 0.2) is 78.9 Å². The van der Waals surface area contributed by atoms with Crippen molar-refractivity contribution >= 4 is 29.7 Å². The molecule has 3 aromatic rings. The molecule has 2 amide bonds. The van der Waals surface area contributed by atoms with Crippen LogP contribution in [0.2, 0.25) is 0 Å². The van der Waals surface area contributed by atoms with Crippen molar-refractivity contribution in [3.05, 3.63) is 95.6 Å². The highest BCUT2D eigenvalue weighted by Gasteiger charge is 2.40. The van der Waals surface area contributed by atoms with Crippen molar-refractivity contribution in [1.82, 2.24) is 10.6 Å².